The summed E-state index contributed by atoms with van der Waals surface area (Å²) < 4.78 is 11.0. The van der Waals surface area contributed by atoms with E-state index in [0.29, 0.717) is 16.8 Å². The van der Waals surface area contributed by atoms with Gasteiger partial charge in [-0.05, 0) is 18.6 Å². The first kappa shape index (κ1) is 23.4. The number of H-pyrrole nitrogens is 1. The number of rotatable bonds is 10. The molecule has 0 saturated heterocycles. The van der Waals surface area contributed by atoms with Crippen LogP contribution in [0.1, 0.15) is 22.4 Å². The molecule has 33 heavy (non-hydrogen) atoms. The Labute approximate surface area is 188 Å². The van der Waals surface area contributed by atoms with Gasteiger partial charge in [0.15, 0.2) is 5.75 Å². The van der Waals surface area contributed by atoms with E-state index in [0.717, 1.165) is 5.56 Å². The summed E-state index contributed by atoms with van der Waals surface area (Å²) in [7, 11) is 1.39. The smallest absolute Gasteiger partial charge is 0.315 e. The third-order valence-corrected chi connectivity index (χ3v) is 4.67. The summed E-state index contributed by atoms with van der Waals surface area (Å²) in [5.41, 5.74) is 4.00. The second kappa shape index (κ2) is 10.9. The number of aliphatic hydroxyl groups is 1. The molecule has 2 aromatic carbocycles. The van der Waals surface area contributed by atoms with E-state index in [1.165, 1.54) is 19.4 Å². The molecule has 3 rings (SSSR count). The first-order chi connectivity index (χ1) is 15.9. The van der Waals surface area contributed by atoms with Crippen molar-refractivity contribution in [3.8, 4) is 11.5 Å². The minimum atomic E-state index is -0.560. The average molecular weight is 453 g/mol. The van der Waals surface area contributed by atoms with Crippen molar-refractivity contribution in [2.45, 2.75) is 20.0 Å². The van der Waals surface area contributed by atoms with Crippen LogP contribution in [-0.4, -0.2) is 39.9 Å². The van der Waals surface area contributed by atoms with Crippen LogP contribution in [0.5, 0.6) is 11.5 Å². The van der Waals surface area contributed by atoms with E-state index in [1.807, 2.05) is 30.3 Å². The Morgan fingerprint density at radius 3 is 2.70 bits per heavy atom. The van der Waals surface area contributed by atoms with E-state index in [9.17, 15) is 14.9 Å². The highest BCUT2D eigenvalue weighted by atomic mass is 16.6. The maximum atomic E-state index is 12.1. The molecule has 11 nitrogen and oxygen atoms in total. The number of aromatic amines is 1. The summed E-state index contributed by atoms with van der Waals surface area (Å²) in [5.74, 6) is 0.287. The number of nitrogens with zero attached hydrogens (tertiary/aromatic N) is 3. The summed E-state index contributed by atoms with van der Waals surface area (Å²) in [4.78, 5) is 29.9. The van der Waals surface area contributed by atoms with Gasteiger partial charge in [-0.2, -0.15) is 5.10 Å². The molecule has 0 bridgehead atoms. The Bertz CT molecular complexity index is 1210. The monoisotopic (exact) mass is 453 g/mol. The molecule has 1 aromatic heterocycles. The third-order valence-electron chi connectivity index (χ3n) is 4.67. The van der Waals surface area contributed by atoms with Gasteiger partial charge in [0.05, 0.1) is 23.9 Å². The highest BCUT2D eigenvalue weighted by Gasteiger charge is 2.22. The highest BCUT2D eigenvalue weighted by Crippen LogP contribution is 2.38. The van der Waals surface area contributed by atoms with Gasteiger partial charge in [-0.25, -0.2) is 10.4 Å². The number of hydrogen-bond donors (Lipinski definition) is 3. The lowest BCUT2D eigenvalue weighted by Crippen LogP contribution is -2.19. The van der Waals surface area contributed by atoms with Crippen molar-refractivity contribution in [1.82, 2.24) is 9.97 Å². The molecule has 0 unspecified atom stereocenters. The molecule has 0 aliphatic rings. The van der Waals surface area contributed by atoms with Crippen molar-refractivity contribution < 1.29 is 19.5 Å². The first-order valence-electron chi connectivity index (χ1n) is 9.95. The second-order valence-electron chi connectivity index (χ2n) is 6.92. The van der Waals surface area contributed by atoms with Crippen LogP contribution in [0.25, 0.3) is 0 Å². The lowest BCUT2D eigenvalue weighted by atomic mass is 10.1. The number of nitro benzene ring substituents is 1. The van der Waals surface area contributed by atoms with Crippen LogP contribution in [0, 0.1) is 17.0 Å². The van der Waals surface area contributed by atoms with Crippen LogP contribution >= 0.6 is 0 Å². The van der Waals surface area contributed by atoms with Gasteiger partial charge in [0.25, 0.3) is 5.56 Å². The lowest BCUT2D eigenvalue weighted by Gasteiger charge is -2.12. The summed E-state index contributed by atoms with van der Waals surface area (Å²) in [6.07, 6.45) is 1.52. The van der Waals surface area contributed by atoms with E-state index in [2.05, 4.69) is 20.5 Å². The number of hydrazone groups is 1. The van der Waals surface area contributed by atoms with Crippen LogP contribution < -0.4 is 20.5 Å². The van der Waals surface area contributed by atoms with Gasteiger partial charge < -0.3 is 14.6 Å². The summed E-state index contributed by atoms with van der Waals surface area (Å²) in [6.45, 7) is 1.62. The molecule has 3 aromatic rings. The van der Waals surface area contributed by atoms with Gasteiger partial charge in [-0.1, -0.05) is 30.3 Å². The predicted molar refractivity (Wildman–Crippen MR) is 122 cm³/mol. The molecular formula is C22H23N5O6. The Balaban J connectivity index is 1.82. The number of aliphatic hydroxyl groups excluding tert-OH is 1. The van der Waals surface area contributed by atoms with Crippen molar-refractivity contribution in [3.05, 3.63) is 85.3 Å². The van der Waals surface area contributed by atoms with Crippen molar-refractivity contribution in [3.63, 3.8) is 0 Å². The van der Waals surface area contributed by atoms with Gasteiger partial charge in [0.1, 0.15) is 6.61 Å². The number of aryl methyl sites for hydroxylation is 1. The normalized spacial score (nSPS) is 10.9. The zero-order valence-electron chi connectivity index (χ0n) is 18.1. The number of anilines is 1. The van der Waals surface area contributed by atoms with E-state index in [4.69, 9.17) is 14.6 Å². The van der Waals surface area contributed by atoms with E-state index < -0.39 is 4.92 Å². The summed E-state index contributed by atoms with van der Waals surface area (Å²) >= 11 is 0. The minimum Gasteiger partial charge on any atom is -0.493 e. The number of aromatic nitrogens is 2. The van der Waals surface area contributed by atoms with Gasteiger partial charge in [-0.3, -0.25) is 19.9 Å². The molecule has 0 amide bonds. The topological polar surface area (TPSA) is 152 Å². The van der Waals surface area contributed by atoms with Crippen LogP contribution in [0.3, 0.4) is 0 Å². The molecular weight excluding hydrogens is 430 g/mol. The molecule has 11 heteroatoms. The standard InChI is InChI=1S/C22H23N5O6/c1-14-17(8-9-28)21(29)25-22(24-14)26-23-12-16-10-18(27(30)31)20(19(11-16)32-2)33-13-15-6-4-3-5-7-15/h3-7,10-12,28H,8-9,13H2,1-2H3,(H2,24,25,26,29)/b23-12-. The number of methoxy groups -OCH3 is 1. The number of nitro groups is 1. The highest BCUT2D eigenvalue weighted by molar-refractivity contribution is 5.83. The third kappa shape index (κ3) is 5.92. The number of hydrogen-bond acceptors (Lipinski definition) is 9. The Morgan fingerprint density at radius 1 is 1.30 bits per heavy atom. The molecule has 0 aliphatic heterocycles. The quantitative estimate of drug-likeness (QED) is 0.241. The van der Waals surface area contributed by atoms with Crippen molar-refractivity contribution >= 4 is 17.9 Å². The lowest BCUT2D eigenvalue weighted by molar-refractivity contribution is -0.386. The van der Waals surface area contributed by atoms with E-state index in [1.54, 1.807) is 13.0 Å². The molecule has 0 fully saturated rings. The molecule has 0 radical (unpaired) electrons. The molecule has 0 aliphatic carbocycles. The molecule has 3 N–H and O–H groups in total. The fraction of sp³-hybridized carbons (Fsp3) is 0.227. The molecule has 1 heterocycles. The predicted octanol–water partition coefficient (Wildman–Crippen LogP) is 2.55. The average Bonchev–Trinajstić information content (AvgIpc) is 2.80. The molecule has 0 spiro atoms. The SMILES string of the molecule is COc1cc(/C=N\Nc2nc(C)c(CCO)c(=O)[nH]2)cc([N+](=O)[O-])c1OCc1ccccc1. The van der Waals surface area contributed by atoms with Crippen molar-refractivity contribution in [2.75, 3.05) is 19.1 Å². The molecule has 0 saturated carbocycles. The Morgan fingerprint density at radius 2 is 2.06 bits per heavy atom. The molecule has 172 valence electrons. The Hall–Kier alpha value is -4.25. The first-order valence-corrected chi connectivity index (χ1v) is 9.95. The zero-order valence-corrected chi connectivity index (χ0v) is 18.1. The van der Waals surface area contributed by atoms with Gasteiger partial charge in [-0.15, -0.1) is 0 Å². The maximum Gasteiger partial charge on any atom is 0.315 e. The number of nitrogens with one attached hydrogen (secondary N) is 2. The summed E-state index contributed by atoms with van der Waals surface area (Å²) in [6, 6.07) is 12.1. The van der Waals surface area contributed by atoms with Crippen molar-refractivity contribution in [1.29, 1.82) is 0 Å². The van der Waals surface area contributed by atoms with Crippen LogP contribution in [0.2, 0.25) is 0 Å². The largest absolute Gasteiger partial charge is 0.493 e. The molecule has 0 atom stereocenters. The number of ether oxygens (including phenoxy) is 2. The van der Waals surface area contributed by atoms with Crippen LogP contribution in [0.15, 0.2) is 52.4 Å². The van der Waals surface area contributed by atoms with Crippen LogP contribution in [-0.2, 0) is 13.0 Å². The second-order valence-corrected chi connectivity index (χ2v) is 6.92. The fourth-order valence-electron chi connectivity index (χ4n) is 3.08. The van der Waals surface area contributed by atoms with Crippen molar-refractivity contribution in [2.24, 2.45) is 5.10 Å². The van der Waals surface area contributed by atoms with Crippen LogP contribution in [0.4, 0.5) is 11.6 Å². The number of benzene rings is 2. The van der Waals surface area contributed by atoms with E-state index >= 15 is 0 Å². The summed E-state index contributed by atoms with van der Waals surface area (Å²) in [5, 5.41) is 24.7. The Kier molecular flexibility index (Phi) is 7.71. The van der Waals surface area contributed by atoms with Gasteiger partial charge in [0.2, 0.25) is 11.7 Å². The zero-order chi connectivity index (χ0) is 23.8. The van der Waals surface area contributed by atoms with Gasteiger partial charge in [0, 0.05) is 30.2 Å². The minimum absolute atomic E-state index is 0.0116. The fourth-order valence-corrected chi connectivity index (χ4v) is 3.08. The van der Waals surface area contributed by atoms with Gasteiger partial charge >= 0.3 is 5.69 Å². The van der Waals surface area contributed by atoms with E-state index in [-0.39, 0.29) is 48.3 Å². The maximum absolute atomic E-state index is 12.1.